The minimum Gasteiger partial charge on any atom is -0.368 e. The number of carbonyl (C=O) groups excluding carboxylic acids is 1. The highest BCUT2D eigenvalue weighted by molar-refractivity contribution is 5.93. The predicted octanol–water partition coefficient (Wildman–Crippen LogP) is 3.61. The summed E-state index contributed by atoms with van der Waals surface area (Å²) >= 11 is 0. The smallest absolute Gasteiger partial charge is 0.276 e. The number of nitrogens with zero attached hydrogens (tertiary/aromatic N) is 3. The van der Waals surface area contributed by atoms with Crippen LogP contribution in [-0.4, -0.2) is 42.1 Å². The summed E-state index contributed by atoms with van der Waals surface area (Å²) in [6, 6.07) is 19.9. The molecule has 0 aliphatic carbocycles. The molecule has 5 nitrogen and oxygen atoms in total. The summed E-state index contributed by atoms with van der Waals surface area (Å²) in [5, 5.41) is 3.98. The highest BCUT2D eigenvalue weighted by atomic mass is 16.5. The van der Waals surface area contributed by atoms with Gasteiger partial charge in [0.25, 0.3) is 5.91 Å². The highest BCUT2D eigenvalue weighted by Gasteiger charge is 2.25. The Labute approximate surface area is 152 Å². The Hall–Kier alpha value is -3.08. The molecule has 26 heavy (non-hydrogen) atoms. The second-order valence-electron chi connectivity index (χ2n) is 6.56. The van der Waals surface area contributed by atoms with Crippen LogP contribution in [-0.2, 0) is 0 Å². The normalized spacial score (nSPS) is 14.5. The van der Waals surface area contributed by atoms with Crippen LogP contribution >= 0.6 is 0 Å². The molecule has 0 atom stereocenters. The number of rotatable bonds is 3. The monoisotopic (exact) mass is 347 g/mol. The molecule has 1 fully saturated rings. The van der Waals surface area contributed by atoms with E-state index in [9.17, 15) is 4.79 Å². The van der Waals surface area contributed by atoms with Crippen LogP contribution in [0.15, 0.2) is 65.2 Å². The van der Waals surface area contributed by atoms with E-state index in [0.717, 1.165) is 18.7 Å². The molecule has 5 heteroatoms. The molecule has 132 valence electrons. The van der Waals surface area contributed by atoms with E-state index in [1.807, 2.05) is 35.2 Å². The zero-order valence-electron chi connectivity index (χ0n) is 14.8. The molecule has 1 amide bonds. The van der Waals surface area contributed by atoms with Crippen molar-refractivity contribution in [1.82, 2.24) is 10.1 Å². The number of amides is 1. The highest BCUT2D eigenvalue weighted by Crippen LogP contribution is 2.22. The zero-order chi connectivity index (χ0) is 17.9. The lowest BCUT2D eigenvalue weighted by Gasteiger charge is -2.35. The van der Waals surface area contributed by atoms with Gasteiger partial charge < -0.3 is 14.3 Å². The van der Waals surface area contributed by atoms with Crippen molar-refractivity contribution < 1.29 is 9.32 Å². The molecule has 0 radical (unpaired) electrons. The maximum atomic E-state index is 12.7. The van der Waals surface area contributed by atoms with Gasteiger partial charge in [-0.3, -0.25) is 4.79 Å². The predicted molar refractivity (Wildman–Crippen MR) is 101 cm³/mol. The van der Waals surface area contributed by atoms with Crippen LogP contribution in [0, 0.1) is 6.92 Å². The van der Waals surface area contributed by atoms with E-state index in [0.29, 0.717) is 24.5 Å². The Balaban J connectivity index is 1.42. The average Bonchev–Trinajstić information content (AvgIpc) is 3.18. The van der Waals surface area contributed by atoms with E-state index in [4.69, 9.17) is 4.52 Å². The molecule has 0 unspecified atom stereocenters. The fraction of sp³-hybridized carbons (Fsp3) is 0.238. The van der Waals surface area contributed by atoms with Gasteiger partial charge in [-0.25, -0.2) is 0 Å². The van der Waals surface area contributed by atoms with Gasteiger partial charge in [0.2, 0.25) is 0 Å². The summed E-state index contributed by atoms with van der Waals surface area (Å²) in [6.45, 7) is 5.09. The van der Waals surface area contributed by atoms with Crippen LogP contribution in [0.4, 0.5) is 5.69 Å². The molecule has 1 aliphatic rings. The van der Waals surface area contributed by atoms with Gasteiger partial charge in [-0.1, -0.05) is 47.6 Å². The molecular weight excluding hydrogens is 326 g/mol. The van der Waals surface area contributed by atoms with Crippen LogP contribution in [0.1, 0.15) is 16.1 Å². The molecule has 0 N–H and O–H groups in total. The standard InChI is InChI=1S/C21H21N3O2/c1-16-6-5-9-18(14-16)23-10-12-24(13-11-23)21(25)19-15-20(26-22-19)17-7-3-2-4-8-17/h2-9,14-15H,10-13H2,1H3. The summed E-state index contributed by atoms with van der Waals surface area (Å²) in [4.78, 5) is 16.9. The minimum absolute atomic E-state index is 0.0696. The molecule has 1 aliphatic heterocycles. The van der Waals surface area contributed by atoms with Crippen molar-refractivity contribution in [2.24, 2.45) is 0 Å². The van der Waals surface area contributed by atoms with Crippen molar-refractivity contribution >= 4 is 11.6 Å². The third kappa shape index (κ3) is 3.33. The first-order valence-electron chi connectivity index (χ1n) is 8.84. The molecule has 4 rings (SSSR count). The first-order chi connectivity index (χ1) is 12.7. The van der Waals surface area contributed by atoms with Crippen molar-refractivity contribution in [3.05, 3.63) is 71.9 Å². The fourth-order valence-corrected chi connectivity index (χ4v) is 3.27. The Bertz CT molecular complexity index is 896. The van der Waals surface area contributed by atoms with Gasteiger partial charge in [0.15, 0.2) is 11.5 Å². The van der Waals surface area contributed by atoms with E-state index in [1.165, 1.54) is 11.3 Å². The Morgan fingerprint density at radius 2 is 1.73 bits per heavy atom. The van der Waals surface area contributed by atoms with Gasteiger partial charge >= 0.3 is 0 Å². The summed E-state index contributed by atoms with van der Waals surface area (Å²) in [5.74, 6) is 0.548. The third-order valence-corrected chi connectivity index (χ3v) is 4.72. The van der Waals surface area contributed by atoms with Gasteiger partial charge in [-0.2, -0.15) is 0 Å². The molecule has 1 saturated heterocycles. The fourth-order valence-electron chi connectivity index (χ4n) is 3.27. The summed E-state index contributed by atoms with van der Waals surface area (Å²) in [5.41, 5.74) is 3.75. The van der Waals surface area contributed by atoms with E-state index < -0.39 is 0 Å². The second kappa shape index (κ2) is 7.04. The van der Waals surface area contributed by atoms with Gasteiger partial charge in [0.05, 0.1) is 0 Å². The first kappa shape index (κ1) is 16.4. The molecule has 2 aromatic carbocycles. The van der Waals surface area contributed by atoms with Crippen LogP contribution in [0.25, 0.3) is 11.3 Å². The zero-order valence-corrected chi connectivity index (χ0v) is 14.8. The quantitative estimate of drug-likeness (QED) is 0.726. The molecule has 1 aromatic heterocycles. The van der Waals surface area contributed by atoms with Gasteiger partial charge in [0.1, 0.15) is 0 Å². The van der Waals surface area contributed by atoms with Crippen molar-refractivity contribution in [2.45, 2.75) is 6.92 Å². The van der Waals surface area contributed by atoms with Gasteiger partial charge in [-0.05, 0) is 24.6 Å². The van der Waals surface area contributed by atoms with Crippen molar-refractivity contribution in [2.75, 3.05) is 31.1 Å². The van der Waals surface area contributed by atoms with Gasteiger partial charge in [-0.15, -0.1) is 0 Å². The Kier molecular flexibility index (Phi) is 4.44. The lowest BCUT2D eigenvalue weighted by atomic mass is 10.1. The number of hydrogen-bond donors (Lipinski definition) is 0. The van der Waals surface area contributed by atoms with Crippen LogP contribution in [0.5, 0.6) is 0 Å². The van der Waals surface area contributed by atoms with Gasteiger partial charge in [0, 0.05) is 43.5 Å². The Morgan fingerprint density at radius 1 is 0.962 bits per heavy atom. The Morgan fingerprint density at radius 3 is 2.46 bits per heavy atom. The molecular formula is C21H21N3O2. The number of anilines is 1. The number of benzene rings is 2. The second-order valence-corrected chi connectivity index (χ2v) is 6.56. The number of aromatic nitrogens is 1. The maximum Gasteiger partial charge on any atom is 0.276 e. The maximum absolute atomic E-state index is 12.7. The van der Waals surface area contributed by atoms with Crippen LogP contribution in [0.2, 0.25) is 0 Å². The molecule has 0 spiro atoms. The molecule has 2 heterocycles. The molecule has 0 bridgehead atoms. The molecule has 3 aromatic rings. The van der Waals surface area contributed by atoms with Crippen molar-refractivity contribution in [3.8, 4) is 11.3 Å². The summed E-state index contributed by atoms with van der Waals surface area (Å²) in [6.07, 6.45) is 0. The average molecular weight is 347 g/mol. The number of aryl methyl sites for hydroxylation is 1. The third-order valence-electron chi connectivity index (χ3n) is 4.72. The molecule has 0 saturated carbocycles. The van der Waals surface area contributed by atoms with Crippen LogP contribution in [0.3, 0.4) is 0 Å². The van der Waals surface area contributed by atoms with Crippen molar-refractivity contribution in [3.63, 3.8) is 0 Å². The van der Waals surface area contributed by atoms with Crippen LogP contribution < -0.4 is 4.90 Å². The largest absolute Gasteiger partial charge is 0.368 e. The SMILES string of the molecule is Cc1cccc(N2CCN(C(=O)c3cc(-c4ccccc4)on3)CC2)c1. The minimum atomic E-state index is -0.0696. The lowest BCUT2D eigenvalue weighted by molar-refractivity contribution is 0.0736. The first-order valence-corrected chi connectivity index (χ1v) is 8.84. The topological polar surface area (TPSA) is 49.6 Å². The van der Waals surface area contributed by atoms with E-state index in [-0.39, 0.29) is 5.91 Å². The summed E-state index contributed by atoms with van der Waals surface area (Å²) < 4.78 is 5.36. The number of carbonyl (C=O) groups is 1. The van der Waals surface area contributed by atoms with E-state index >= 15 is 0 Å². The number of piperazine rings is 1. The summed E-state index contributed by atoms with van der Waals surface area (Å²) in [7, 11) is 0. The van der Waals surface area contributed by atoms with E-state index in [2.05, 4.69) is 41.2 Å². The lowest BCUT2D eigenvalue weighted by Crippen LogP contribution is -2.48. The van der Waals surface area contributed by atoms with E-state index in [1.54, 1.807) is 6.07 Å². The van der Waals surface area contributed by atoms with Crippen molar-refractivity contribution in [1.29, 1.82) is 0 Å². The number of hydrogen-bond acceptors (Lipinski definition) is 4.